The Hall–Kier alpha value is -4.11. The lowest BCUT2D eigenvalue weighted by Crippen LogP contribution is -2.60. The molecule has 12 nitrogen and oxygen atoms in total. The highest BCUT2D eigenvalue weighted by Gasteiger charge is 2.43. The molecule has 0 aromatic heterocycles. The van der Waals surface area contributed by atoms with Crippen molar-refractivity contribution < 1.29 is 31.2 Å². The van der Waals surface area contributed by atoms with Crippen LogP contribution < -0.4 is 15.5 Å². The Kier molecular flexibility index (Phi) is 10.3. The van der Waals surface area contributed by atoms with Crippen LogP contribution in [-0.4, -0.2) is 81.8 Å². The Balaban J connectivity index is 1.49. The van der Waals surface area contributed by atoms with Gasteiger partial charge in [-0.3, -0.25) is 9.59 Å². The van der Waals surface area contributed by atoms with Gasteiger partial charge in [0.1, 0.15) is 11.8 Å². The van der Waals surface area contributed by atoms with Gasteiger partial charge in [-0.1, -0.05) is 36.4 Å². The predicted octanol–water partition coefficient (Wildman–Crippen LogP) is 1.80. The molecule has 0 bridgehead atoms. The molecule has 3 aromatic carbocycles. The number of benzene rings is 3. The van der Waals surface area contributed by atoms with Crippen LogP contribution in [0.3, 0.4) is 0 Å². The van der Waals surface area contributed by atoms with Crippen molar-refractivity contribution in [1.29, 1.82) is 0 Å². The van der Waals surface area contributed by atoms with Gasteiger partial charge in [-0.2, -0.15) is 13.7 Å². The van der Waals surface area contributed by atoms with Crippen LogP contribution in [0.5, 0.6) is 5.75 Å². The highest BCUT2D eigenvalue weighted by atomic mass is 32.2. The maximum atomic E-state index is 13.5. The van der Waals surface area contributed by atoms with E-state index in [4.69, 9.17) is 4.74 Å². The molecule has 1 aliphatic heterocycles. The summed E-state index contributed by atoms with van der Waals surface area (Å²) in [5, 5.41) is 6.70. The lowest BCUT2D eigenvalue weighted by molar-refractivity contribution is -0.126. The summed E-state index contributed by atoms with van der Waals surface area (Å²) >= 11 is 0. The van der Waals surface area contributed by atoms with Gasteiger partial charge in [0.25, 0.3) is 11.8 Å². The van der Waals surface area contributed by atoms with Crippen LogP contribution in [0.15, 0.2) is 99.8 Å². The molecule has 0 unspecified atom stereocenters. The molecule has 43 heavy (non-hydrogen) atoms. The Bertz CT molecular complexity index is 1650. The van der Waals surface area contributed by atoms with Crippen LogP contribution in [-0.2, 0) is 29.6 Å². The third kappa shape index (κ3) is 8.04. The van der Waals surface area contributed by atoms with E-state index in [-0.39, 0.29) is 41.4 Å². The van der Waals surface area contributed by atoms with Gasteiger partial charge >= 0.3 is 0 Å². The van der Waals surface area contributed by atoms with Crippen molar-refractivity contribution in [2.75, 3.05) is 26.2 Å². The first-order chi connectivity index (χ1) is 20.5. The van der Waals surface area contributed by atoms with E-state index in [1.165, 1.54) is 30.5 Å². The highest BCUT2D eigenvalue weighted by Crippen LogP contribution is 2.25. The third-order valence-electron chi connectivity index (χ3n) is 6.42. The van der Waals surface area contributed by atoms with Crippen molar-refractivity contribution in [3.63, 3.8) is 0 Å². The number of hydrazone groups is 1. The summed E-state index contributed by atoms with van der Waals surface area (Å²) in [6.45, 7) is 2.79. The Labute approximate surface area is 251 Å². The fourth-order valence-electron chi connectivity index (χ4n) is 4.34. The highest BCUT2D eigenvalue weighted by molar-refractivity contribution is 7.89. The number of carbonyl (C=O) groups is 2. The van der Waals surface area contributed by atoms with Gasteiger partial charge in [-0.25, -0.2) is 22.3 Å². The van der Waals surface area contributed by atoms with Crippen molar-refractivity contribution in [1.82, 2.24) is 19.4 Å². The molecular formula is C29H33N5O7S2. The molecule has 0 radical (unpaired) electrons. The van der Waals surface area contributed by atoms with Crippen LogP contribution >= 0.6 is 0 Å². The summed E-state index contributed by atoms with van der Waals surface area (Å²) in [5.74, 6) is -0.576. The van der Waals surface area contributed by atoms with Crippen LogP contribution in [0.4, 0.5) is 0 Å². The van der Waals surface area contributed by atoms with Crippen LogP contribution in [0.25, 0.3) is 0 Å². The van der Waals surface area contributed by atoms with Crippen molar-refractivity contribution in [2.24, 2.45) is 5.10 Å². The monoisotopic (exact) mass is 627 g/mol. The van der Waals surface area contributed by atoms with E-state index in [9.17, 15) is 26.4 Å². The van der Waals surface area contributed by atoms with Gasteiger partial charge in [0.05, 0.1) is 16.0 Å². The standard InChI is InChI=1S/C29H33N5O7S2/c1-22(2)31-28(35)21-41-24-15-13-23(14-16-24)19-30-32-29(36)27-20-33(42(37,38)25-9-5-3-6-10-25)17-18-34(27)43(39,40)26-11-7-4-8-12-26/h3-16,19,22,27H,17-18,20-21H2,1-2H3,(H,31,35)(H,32,36)/b30-19-/t27-/m1/s1. The van der Waals surface area contributed by atoms with E-state index in [1.807, 2.05) is 13.8 Å². The predicted molar refractivity (Wildman–Crippen MR) is 160 cm³/mol. The Morgan fingerprint density at radius 1 is 0.884 bits per heavy atom. The van der Waals surface area contributed by atoms with E-state index >= 15 is 0 Å². The number of piperazine rings is 1. The summed E-state index contributed by atoms with van der Waals surface area (Å²) in [4.78, 5) is 25.1. The van der Waals surface area contributed by atoms with Crippen molar-refractivity contribution >= 4 is 38.1 Å². The first-order valence-corrected chi connectivity index (χ1v) is 16.3. The molecule has 1 atom stereocenters. The summed E-state index contributed by atoms with van der Waals surface area (Å²) in [6, 6.07) is 20.6. The summed E-state index contributed by atoms with van der Waals surface area (Å²) in [5.41, 5.74) is 2.95. The lowest BCUT2D eigenvalue weighted by atomic mass is 10.2. The average molecular weight is 628 g/mol. The minimum atomic E-state index is -4.13. The zero-order chi connectivity index (χ0) is 31.0. The maximum absolute atomic E-state index is 13.5. The Morgan fingerprint density at radius 2 is 1.47 bits per heavy atom. The maximum Gasteiger partial charge on any atom is 0.259 e. The number of ether oxygens (including phenoxy) is 1. The number of rotatable bonds is 11. The SMILES string of the molecule is CC(C)NC(=O)COc1ccc(/C=N\NC(=O)[C@H]2CN(S(=O)(=O)c3ccccc3)CCN2S(=O)(=O)c2ccccc2)cc1. The Morgan fingerprint density at radius 3 is 2.05 bits per heavy atom. The van der Waals surface area contributed by atoms with E-state index in [1.54, 1.807) is 60.7 Å². The minimum Gasteiger partial charge on any atom is -0.484 e. The molecule has 2 N–H and O–H groups in total. The normalized spacial score (nSPS) is 16.7. The fraction of sp³-hybridized carbons (Fsp3) is 0.276. The largest absolute Gasteiger partial charge is 0.484 e. The van der Waals surface area contributed by atoms with Crippen molar-refractivity contribution in [3.05, 3.63) is 90.5 Å². The van der Waals surface area contributed by atoms with Gasteiger partial charge in [0, 0.05) is 25.7 Å². The smallest absolute Gasteiger partial charge is 0.259 e. The van der Waals surface area contributed by atoms with Gasteiger partial charge in [0.15, 0.2) is 6.61 Å². The molecule has 1 heterocycles. The summed E-state index contributed by atoms with van der Waals surface area (Å²) in [7, 11) is -8.12. The molecule has 1 fully saturated rings. The zero-order valence-corrected chi connectivity index (χ0v) is 25.3. The number of amides is 2. The van der Waals surface area contributed by atoms with Crippen molar-refractivity contribution in [3.8, 4) is 5.75 Å². The second-order valence-electron chi connectivity index (χ2n) is 9.93. The number of nitrogens with one attached hydrogen (secondary N) is 2. The number of sulfonamides is 2. The van der Waals surface area contributed by atoms with Crippen molar-refractivity contribution in [2.45, 2.75) is 35.7 Å². The second kappa shape index (κ2) is 13.9. The van der Waals surface area contributed by atoms with E-state index < -0.39 is 38.5 Å². The topological polar surface area (TPSA) is 155 Å². The minimum absolute atomic E-state index is 0.000344. The van der Waals surface area contributed by atoms with Gasteiger partial charge in [-0.05, 0) is 67.9 Å². The lowest BCUT2D eigenvalue weighted by Gasteiger charge is -2.38. The van der Waals surface area contributed by atoms with Crippen LogP contribution in [0, 0.1) is 0 Å². The van der Waals surface area contributed by atoms with Crippen LogP contribution in [0.2, 0.25) is 0 Å². The summed E-state index contributed by atoms with van der Waals surface area (Å²) < 4.78 is 61.2. The molecule has 0 saturated carbocycles. The number of carbonyl (C=O) groups excluding carboxylic acids is 2. The number of hydrogen-bond acceptors (Lipinski definition) is 8. The van der Waals surface area contributed by atoms with E-state index in [0.717, 1.165) is 8.61 Å². The van der Waals surface area contributed by atoms with Crippen LogP contribution in [0.1, 0.15) is 19.4 Å². The summed E-state index contributed by atoms with van der Waals surface area (Å²) in [6.07, 6.45) is 1.35. The van der Waals surface area contributed by atoms with E-state index in [2.05, 4.69) is 15.8 Å². The van der Waals surface area contributed by atoms with E-state index in [0.29, 0.717) is 11.3 Å². The molecule has 1 aliphatic rings. The first kappa shape index (κ1) is 31.8. The zero-order valence-electron chi connectivity index (χ0n) is 23.7. The number of nitrogens with zero attached hydrogens (tertiary/aromatic N) is 3. The second-order valence-corrected chi connectivity index (χ2v) is 13.8. The first-order valence-electron chi connectivity index (χ1n) is 13.5. The van der Waals surface area contributed by atoms with Gasteiger partial charge in [-0.15, -0.1) is 0 Å². The average Bonchev–Trinajstić information content (AvgIpc) is 3.01. The molecule has 2 amide bonds. The molecule has 3 aromatic rings. The van der Waals surface area contributed by atoms with Gasteiger partial charge in [0.2, 0.25) is 20.0 Å². The number of hydrogen-bond donors (Lipinski definition) is 2. The van der Waals surface area contributed by atoms with Gasteiger partial charge < -0.3 is 10.1 Å². The molecule has 0 spiro atoms. The fourth-order valence-corrected chi connectivity index (χ4v) is 7.39. The molecule has 0 aliphatic carbocycles. The molecular weight excluding hydrogens is 594 g/mol. The molecule has 4 rings (SSSR count). The molecule has 228 valence electrons. The molecule has 1 saturated heterocycles. The molecule has 14 heteroatoms. The third-order valence-corrected chi connectivity index (χ3v) is 10.2. The quantitative estimate of drug-likeness (QED) is 0.243.